The molecule has 2 aliphatic rings. The normalized spacial score (nSPS) is 24.9. The number of nitriles is 1. The van der Waals surface area contributed by atoms with E-state index in [0.29, 0.717) is 32.2 Å². The van der Waals surface area contributed by atoms with Crippen molar-refractivity contribution in [2.75, 3.05) is 19.8 Å². The van der Waals surface area contributed by atoms with E-state index in [1.54, 1.807) is 0 Å². The Kier molecular flexibility index (Phi) is 3.22. The zero-order valence-electron chi connectivity index (χ0n) is 8.82. The highest BCUT2D eigenvalue weighted by atomic mass is 16.5. The smallest absolute Gasteiger partial charge is 0.228 e. The van der Waals surface area contributed by atoms with E-state index in [1.807, 2.05) is 4.90 Å². The van der Waals surface area contributed by atoms with Crippen molar-refractivity contribution in [3.8, 4) is 6.07 Å². The summed E-state index contributed by atoms with van der Waals surface area (Å²) >= 11 is 0. The number of hydrogen-bond donors (Lipinski definition) is 0. The number of rotatable bonds is 4. The second-order valence-corrected chi connectivity index (χ2v) is 4.23. The van der Waals surface area contributed by atoms with Crippen LogP contribution in [-0.4, -0.2) is 36.6 Å². The van der Waals surface area contributed by atoms with Crippen LogP contribution in [0.2, 0.25) is 0 Å². The summed E-state index contributed by atoms with van der Waals surface area (Å²) in [6.07, 6.45) is 3.49. The molecule has 1 atom stereocenters. The Balaban J connectivity index is 1.91. The van der Waals surface area contributed by atoms with Gasteiger partial charge in [-0.2, -0.15) is 5.26 Å². The van der Waals surface area contributed by atoms with Gasteiger partial charge in [0, 0.05) is 19.2 Å². The molecule has 4 nitrogen and oxygen atoms in total. The van der Waals surface area contributed by atoms with Gasteiger partial charge in [-0.25, -0.2) is 0 Å². The lowest BCUT2D eigenvalue weighted by atomic mass is 10.1. The Hall–Kier alpha value is -1.08. The maximum absolute atomic E-state index is 12.1. The Bertz CT molecular complexity index is 275. The molecule has 1 aliphatic heterocycles. The molecule has 1 saturated carbocycles. The maximum atomic E-state index is 12.1. The SMILES string of the molecule is N#CCCN(C(=O)C1CCOC1)C1CC1. The molecule has 82 valence electrons. The molecule has 1 heterocycles. The van der Waals surface area contributed by atoms with Crippen LogP contribution in [0.4, 0.5) is 0 Å². The lowest BCUT2D eigenvalue weighted by Crippen LogP contribution is -2.38. The van der Waals surface area contributed by atoms with Crippen LogP contribution in [0.15, 0.2) is 0 Å². The number of carbonyl (C=O) groups excluding carboxylic acids is 1. The van der Waals surface area contributed by atoms with Crippen LogP contribution in [0.25, 0.3) is 0 Å². The lowest BCUT2D eigenvalue weighted by Gasteiger charge is -2.23. The average molecular weight is 208 g/mol. The number of hydrogen-bond acceptors (Lipinski definition) is 3. The van der Waals surface area contributed by atoms with Crippen molar-refractivity contribution >= 4 is 5.91 Å². The highest BCUT2D eigenvalue weighted by Crippen LogP contribution is 2.29. The zero-order valence-corrected chi connectivity index (χ0v) is 8.82. The van der Waals surface area contributed by atoms with Crippen LogP contribution in [0.3, 0.4) is 0 Å². The molecule has 1 amide bonds. The predicted molar refractivity (Wildman–Crippen MR) is 53.9 cm³/mol. The van der Waals surface area contributed by atoms with E-state index in [-0.39, 0.29) is 11.8 Å². The molecule has 1 unspecified atom stereocenters. The van der Waals surface area contributed by atoms with Gasteiger partial charge in [-0.05, 0) is 19.3 Å². The molecule has 0 aromatic heterocycles. The number of amides is 1. The summed E-state index contributed by atoms with van der Waals surface area (Å²) < 4.78 is 5.22. The highest BCUT2D eigenvalue weighted by Gasteiger charge is 2.36. The molecule has 2 fully saturated rings. The zero-order chi connectivity index (χ0) is 10.7. The van der Waals surface area contributed by atoms with Crippen molar-refractivity contribution in [3.05, 3.63) is 0 Å². The van der Waals surface area contributed by atoms with E-state index in [4.69, 9.17) is 10.00 Å². The molecule has 0 N–H and O–H groups in total. The molecule has 1 saturated heterocycles. The summed E-state index contributed by atoms with van der Waals surface area (Å²) in [5.74, 6) is 0.245. The minimum atomic E-state index is 0.0456. The van der Waals surface area contributed by atoms with Crippen molar-refractivity contribution in [1.29, 1.82) is 5.26 Å². The molecule has 4 heteroatoms. The Morgan fingerprint density at radius 2 is 2.27 bits per heavy atom. The molecule has 0 aromatic carbocycles. The third-order valence-corrected chi connectivity index (χ3v) is 3.01. The fourth-order valence-corrected chi connectivity index (χ4v) is 1.99. The van der Waals surface area contributed by atoms with E-state index in [9.17, 15) is 4.79 Å². The van der Waals surface area contributed by atoms with Gasteiger partial charge in [0.15, 0.2) is 0 Å². The fourth-order valence-electron chi connectivity index (χ4n) is 1.99. The standard InChI is InChI=1S/C11H16N2O2/c12-5-1-6-13(10-2-3-10)11(14)9-4-7-15-8-9/h9-10H,1-4,6-8H2. The van der Waals surface area contributed by atoms with Crippen LogP contribution in [-0.2, 0) is 9.53 Å². The summed E-state index contributed by atoms with van der Waals surface area (Å²) in [4.78, 5) is 14.0. The molecule has 0 spiro atoms. The second-order valence-electron chi connectivity index (χ2n) is 4.23. The molecule has 0 radical (unpaired) electrons. The van der Waals surface area contributed by atoms with E-state index < -0.39 is 0 Å². The van der Waals surface area contributed by atoms with Crippen molar-refractivity contribution < 1.29 is 9.53 Å². The largest absolute Gasteiger partial charge is 0.381 e. The Morgan fingerprint density at radius 3 is 2.80 bits per heavy atom. The quantitative estimate of drug-likeness (QED) is 0.690. The van der Waals surface area contributed by atoms with Gasteiger partial charge in [0.05, 0.1) is 25.0 Å². The first-order chi connectivity index (χ1) is 7.33. The van der Waals surface area contributed by atoms with Crippen molar-refractivity contribution in [1.82, 2.24) is 4.90 Å². The fraction of sp³-hybridized carbons (Fsp3) is 0.818. The minimum Gasteiger partial charge on any atom is -0.381 e. The first-order valence-corrected chi connectivity index (χ1v) is 5.58. The van der Waals surface area contributed by atoms with Crippen molar-refractivity contribution in [2.45, 2.75) is 31.7 Å². The van der Waals surface area contributed by atoms with Gasteiger partial charge in [0.1, 0.15) is 0 Å². The highest BCUT2D eigenvalue weighted by molar-refractivity contribution is 5.79. The van der Waals surface area contributed by atoms with E-state index in [0.717, 1.165) is 19.3 Å². The summed E-state index contributed by atoms with van der Waals surface area (Å²) in [6.45, 7) is 1.86. The van der Waals surface area contributed by atoms with Gasteiger partial charge in [-0.3, -0.25) is 4.79 Å². The summed E-state index contributed by atoms with van der Waals surface area (Å²) in [5.41, 5.74) is 0. The first-order valence-electron chi connectivity index (χ1n) is 5.58. The molecular formula is C11H16N2O2. The van der Waals surface area contributed by atoms with Gasteiger partial charge < -0.3 is 9.64 Å². The molecule has 15 heavy (non-hydrogen) atoms. The monoisotopic (exact) mass is 208 g/mol. The Labute approximate surface area is 89.8 Å². The summed E-state index contributed by atoms with van der Waals surface area (Å²) in [5, 5.41) is 8.55. The molecule has 2 rings (SSSR count). The summed E-state index contributed by atoms with van der Waals surface area (Å²) in [7, 11) is 0. The van der Waals surface area contributed by atoms with Crippen molar-refractivity contribution in [3.63, 3.8) is 0 Å². The molecule has 1 aliphatic carbocycles. The average Bonchev–Trinajstić information content (AvgIpc) is 2.94. The van der Waals surface area contributed by atoms with Gasteiger partial charge in [-0.1, -0.05) is 0 Å². The van der Waals surface area contributed by atoms with E-state index >= 15 is 0 Å². The second kappa shape index (κ2) is 4.63. The molecule has 0 bridgehead atoms. The van der Waals surface area contributed by atoms with Crippen LogP contribution < -0.4 is 0 Å². The van der Waals surface area contributed by atoms with Crippen LogP contribution in [0, 0.1) is 17.2 Å². The van der Waals surface area contributed by atoms with Crippen molar-refractivity contribution in [2.24, 2.45) is 5.92 Å². The third-order valence-electron chi connectivity index (χ3n) is 3.01. The van der Waals surface area contributed by atoms with Gasteiger partial charge in [0.25, 0.3) is 0 Å². The maximum Gasteiger partial charge on any atom is 0.228 e. The topological polar surface area (TPSA) is 53.3 Å². The van der Waals surface area contributed by atoms with Gasteiger partial charge >= 0.3 is 0 Å². The number of carbonyl (C=O) groups is 1. The van der Waals surface area contributed by atoms with Gasteiger partial charge in [-0.15, -0.1) is 0 Å². The van der Waals surface area contributed by atoms with Crippen LogP contribution >= 0.6 is 0 Å². The summed E-state index contributed by atoms with van der Waals surface area (Å²) in [6, 6.07) is 2.51. The minimum absolute atomic E-state index is 0.0456. The van der Waals surface area contributed by atoms with E-state index in [2.05, 4.69) is 6.07 Å². The van der Waals surface area contributed by atoms with Crippen LogP contribution in [0.5, 0.6) is 0 Å². The third kappa shape index (κ3) is 2.48. The molecular weight excluding hydrogens is 192 g/mol. The number of nitrogens with zero attached hydrogens (tertiary/aromatic N) is 2. The first kappa shape index (κ1) is 10.4. The Morgan fingerprint density at radius 1 is 1.47 bits per heavy atom. The number of ether oxygens (including phenoxy) is 1. The van der Waals surface area contributed by atoms with Gasteiger partial charge in [0.2, 0.25) is 5.91 Å². The van der Waals surface area contributed by atoms with E-state index in [1.165, 1.54) is 0 Å². The van der Waals surface area contributed by atoms with Crippen LogP contribution in [0.1, 0.15) is 25.7 Å². The molecule has 0 aromatic rings. The predicted octanol–water partition coefficient (Wildman–Crippen LogP) is 0.928. The lowest BCUT2D eigenvalue weighted by molar-refractivity contribution is -0.136.